The molecule has 1 aliphatic carbocycles. The van der Waals surface area contributed by atoms with Gasteiger partial charge >= 0.3 is 6.03 Å². The van der Waals surface area contributed by atoms with Crippen molar-refractivity contribution in [3.63, 3.8) is 0 Å². The number of fused-ring (bicyclic) bond motifs is 5. The Bertz CT molecular complexity index is 828. The van der Waals surface area contributed by atoms with Gasteiger partial charge in [0, 0.05) is 5.56 Å². The number of carbonyl (C=O) groups excluding carboxylic acids is 3. The molecular weight excluding hydrogens is 268 g/mol. The number of hydrogen-bond acceptors (Lipinski definition) is 3. The van der Waals surface area contributed by atoms with Gasteiger partial charge < -0.3 is 5.32 Å². The number of carbonyl (C=O) groups is 3. The quantitative estimate of drug-likeness (QED) is 0.614. The van der Waals surface area contributed by atoms with Gasteiger partial charge in [-0.3, -0.25) is 14.9 Å². The molecule has 1 atom stereocenters. The predicted molar refractivity (Wildman–Crippen MR) is 74.7 cm³/mol. The molecule has 1 saturated heterocycles. The summed E-state index contributed by atoms with van der Waals surface area (Å²) in [4.78, 5) is 35.1. The topological polar surface area (TPSA) is 75.3 Å². The third-order valence-electron chi connectivity index (χ3n) is 4.07. The van der Waals surface area contributed by atoms with E-state index in [0.717, 1.165) is 23.0 Å². The number of nitrogens with one attached hydrogen (secondary N) is 2. The summed E-state index contributed by atoms with van der Waals surface area (Å²) in [5.41, 5.74) is 2.42. The fraction of sp³-hybridized carbons (Fsp3) is 0.0625. The molecule has 5 nitrogen and oxygen atoms in total. The lowest BCUT2D eigenvalue weighted by atomic mass is 9.87. The Labute approximate surface area is 120 Å². The monoisotopic (exact) mass is 278 g/mol. The van der Waals surface area contributed by atoms with E-state index in [0.29, 0.717) is 11.1 Å². The van der Waals surface area contributed by atoms with Crippen molar-refractivity contribution in [2.75, 3.05) is 0 Å². The molecule has 2 aliphatic rings. The van der Waals surface area contributed by atoms with Crippen LogP contribution in [0.2, 0.25) is 0 Å². The molecule has 102 valence electrons. The number of amides is 3. The Hall–Kier alpha value is -2.95. The van der Waals surface area contributed by atoms with Crippen molar-refractivity contribution in [1.82, 2.24) is 10.6 Å². The number of hydrogen-bond donors (Lipinski definition) is 2. The predicted octanol–water partition coefficient (Wildman–Crippen LogP) is 1.56. The number of urea groups is 1. The van der Waals surface area contributed by atoms with Crippen LogP contribution in [-0.4, -0.2) is 18.2 Å². The minimum Gasteiger partial charge on any atom is -0.316 e. The van der Waals surface area contributed by atoms with E-state index in [1.165, 1.54) is 0 Å². The second-order valence-corrected chi connectivity index (χ2v) is 5.13. The minimum atomic E-state index is -1.19. The lowest BCUT2D eigenvalue weighted by molar-refractivity contribution is -0.122. The van der Waals surface area contributed by atoms with Crippen molar-refractivity contribution in [1.29, 1.82) is 0 Å². The van der Waals surface area contributed by atoms with Gasteiger partial charge in [0.15, 0.2) is 5.54 Å². The molecule has 2 aromatic carbocycles. The van der Waals surface area contributed by atoms with Gasteiger partial charge in [0.25, 0.3) is 5.91 Å². The molecule has 1 aliphatic heterocycles. The van der Waals surface area contributed by atoms with Crippen LogP contribution in [0.15, 0.2) is 42.5 Å². The van der Waals surface area contributed by atoms with Crippen molar-refractivity contribution >= 4 is 18.2 Å². The van der Waals surface area contributed by atoms with E-state index in [4.69, 9.17) is 0 Å². The highest BCUT2D eigenvalue weighted by Gasteiger charge is 2.54. The molecule has 1 spiro atoms. The summed E-state index contributed by atoms with van der Waals surface area (Å²) in [5, 5.41) is 5.04. The second-order valence-electron chi connectivity index (χ2n) is 5.13. The highest BCUT2D eigenvalue weighted by molar-refractivity contribution is 6.13. The Morgan fingerprint density at radius 1 is 0.952 bits per heavy atom. The molecule has 1 heterocycles. The Morgan fingerprint density at radius 3 is 2.43 bits per heavy atom. The smallest absolute Gasteiger partial charge is 0.316 e. The summed E-state index contributed by atoms with van der Waals surface area (Å²) in [5.74, 6) is -0.391. The molecule has 2 N–H and O–H groups in total. The van der Waals surface area contributed by atoms with E-state index >= 15 is 0 Å². The zero-order chi connectivity index (χ0) is 14.6. The van der Waals surface area contributed by atoms with E-state index in [1.54, 1.807) is 18.2 Å². The summed E-state index contributed by atoms with van der Waals surface area (Å²) in [6.07, 6.45) is 0.765. The third kappa shape index (κ3) is 1.32. The van der Waals surface area contributed by atoms with E-state index in [-0.39, 0.29) is 0 Å². The number of aldehydes is 1. The average Bonchev–Trinajstić information content (AvgIpc) is 2.96. The standard InChI is InChI=1S/C16H10N2O3/c19-8-9-5-6-13-11(7-9)10-3-1-2-4-12(10)16(13)14(20)17-15(21)18-16/h1-8H,(H2,17,18,20,21). The van der Waals surface area contributed by atoms with Crippen LogP contribution in [0.4, 0.5) is 4.79 Å². The number of imide groups is 1. The largest absolute Gasteiger partial charge is 0.322 e. The van der Waals surface area contributed by atoms with Gasteiger partial charge in [-0.1, -0.05) is 36.4 Å². The summed E-state index contributed by atoms with van der Waals surface area (Å²) in [6.45, 7) is 0. The van der Waals surface area contributed by atoms with Crippen LogP contribution in [-0.2, 0) is 10.3 Å². The Kier molecular flexibility index (Phi) is 2.14. The van der Waals surface area contributed by atoms with Gasteiger partial charge in [-0.05, 0) is 28.3 Å². The maximum absolute atomic E-state index is 12.4. The van der Waals surface area contributed by atoms with Crippen LogP contribution >= 0.6 is 0 Å². The van der Waals surface area contributed by atoms with Gasteiger partial charge in [0.1, 0.15) is 6.29 Å². The van der Waals surface area contributed by atoms with Crippen molar-refractivity contribution < 1.29 is 14.4 Å². The highest BCUT2D eigenvalue weighted by atomic mass is 16.2. The lowest BCUT2D eigenvalue weighted by Gasteiger charge is -2.23. The van der Waals surface area contributed by atoms with Crippen LogP contribution in [0.25, 0.3) is 11.1 Å². The highest BCUT2D eigenvalue weighted by Crippen LogP contribution is 2.48. The molecule has 3 amide bonds. The van der Waals surface area contributed by atoms with Crippen molar-refractivity contribution in [3.05, 3.63) is 59.2 Å². The molecule has 1 fully saturated rings. The van der Waals surface area contributed by atoms with Gasteiger partial charge in [-0.2, -0.15) is 0 Å². The molecule has 0 radical (unpaired) electrons. The molecular formula is C16H10N2O3. The summed E-state index contributed by atoms with van der Waals surface area (Å²) in [6, 6.07) is 12.0. The van der Waals surface area contributed by atoms with Gasteiger partial charge in [0.05, 0.1) is 0 Å². The van der Waals surface area contributed by atoms with E-state index < -0.39 is 17.5 Å². The second kappa shape index (κ2) is 3.79. The van der Waals surface area contributed by atoms with Crippen molar-refractivity contribution in [3.8, 4) is 11.1 Å². The minimum absolute atomic E-state index is 0.391. The molecule has 21 heavy (non-hydrogen) atoms. The molecule has 4 rings (SSSR count). The first kappa shape index (κ1) is 11.8. The first-order valence-corrected chi connectivity index (χ1v) is 6.50. The number of rotatable bonds is 1. The molecule has 0 bridgehead atoms. The maximum Gasteiger partial charge on any atom is 0.322 e. The zero-order valence-electron chi connectivity index (χ0n) is 10.8. The normalized spacial score (nSPS) is 21.7. The molecule has 0 saturated carbocycles. The SMILES string of the molecule is O=Cc1ccc2c(c1)-c1ccccc1C21NC(=O)NC1=O. The first-order valence-electron chi connectivity index (χ1n) is 6.50. The Balaban J connectivity index is 2.10. The fourth-order valence-electron chi connectivity index (χ4n) is 3.21. The average molecular weight is 278 g/mol. The summed E-state index contributed by atoms with van der Waals surface area (Å²) < 4.78 is 0. The maximum atomic E-state index is 12.4. The van der Waals surface area contributed by atoms with E-state index in [2.05, 4.69) is 10.6 Å². The van der Waals surface area contributed by atoms with E-state index in [9.17, 15) is 14.4 Å². The van der Waals surface area contributed by atoms with Crippen LogP contribution in [0, 0.1) is 0 Å². The summed E-state index contributed by atoms with van der Waals surface area (Å²) in [7, 11) is 0. The van der Waals surface area contributed by atoms with Crippen LogP contribution in [0.3, 0.4) is 0 Å². The molecule has 5 heteroatoms. The van der Waals surface area contributed by atoms with Gasteiger partial charge in [-0.15, -0.1) is 0 Å². The van der Waals surface area contributed by atoms with E-state index in [1.807, 2.05) is 24.3 Å². The summed E-state index contributed by atoms with van der Waals surface area (Å²) >= 11 is 0. The zero-order valence-corrected chi connectivity index (χ0v) is 10.8. The third-order valence-corrected chi connectivity index (χ3v) is 4.07. The fourth-order valence-corrected chi connectivity index (χ4v) is 3.21. The van der Waals surface area contributed by atoms with Crippen LogP contribution < -0.4 is 10.6 Å². The van der Waals surface area contributed by atoms with Gasteiger partial charge in [-0.25, -0.2) is 4.79 Å². The lowest BCUT2D eigenvalue weighted by Crippen LogP contribution is -2.43. The first-order chi connectivity index (χ1) is 10.2. The van der Waals surface area contributed by atoms with Crippen LogP contribution in [0.5, 0.6) is 0 Å². The van der Waals surface area contributed by atoms with Crippen molar-refractivity contribution in [2.45, 2.75) is 5.54 Å². The number of benzene rings is 2. The van der Waals surface area contributed by atoms with Crippen LogP contribution in [0.1, 0.15) is 21.5 Å². The molecule has 2 aromatic rings. The molecule has 0 aromatic heterocycles. The van der Waals surface area contributed by atoms with Crippen molar-refractivity contribution in [2.24, 2.45) is 0 Å². The molecule has 1 unspecified atom stereocenters. The Morgan fingerprint density at radius 2 is 1.71 bits per heavy atom. The van der Waals surface area contributed by atoms with Gasteiger partial charge in [0.2, 0.25) is 0 Å².